The molecule has 1 unspecified atom stereocenters. The lowest BCUT2D eigenvalue weighted by molar-refractivity contribution is 0.108. The zero-order chi connectivity index (χ0) is 30.3. The highest BCUT2D eigenvalue weighted by Gasteiger charge is 2.45. The number of rotatable bonds is 8. The summed E-state index contributed by atoms with van der Waals surface area (Å²) in [6.07, 6.45) is 13.6. The van der Waals surface area contributed by atoms with Gasteiger partial charge in [-0.2, -0.15) is 9.97 Å². The average Bonchev–Trinajstić information content (AvgIpc) is 3.61. The smallest absolute Gasteiger partial charge is 0.319 e. The second-order valence-electron chi connectivity index (χ2n) is 12.4. The molecule has 2 saturated heterocycles. The molecular formula is C35H38F2N6O. The Morgan fingerprint density at radius 2 is 1.93 bits per heavy atom. The molecule has 44 heavy (non-hydrogen) atoms. The van der Waals surface area contributed by atoms with E-state index in [9.17, 15) is 4.39 Å². The van der Waals surface area contributed by atoms with Gasteiger partial charge in [0.25, 0.3) is 0 Å². The van der Waals surface area contributed by atoms with Crippen LogP contribution in [0, 0.1) is 24.0 Å². The molecule has 3 aliphatic rings. The van der Waals surface area contributed by atoms with Gasteiger partial charge in [-0.15, -0.1) is 6.42 Å². The van der Waals surface area contributed by atoms with Crippen LogP contribution in [0.25, 0.3) is 32.9 Å². The lowest BCUT2D eigenvalue weighted by Gasteiger charge is -2.31. The summed E-state index contributed by atoms with van der Waals surface area (Å²) in [7, 11) is 0. The van der Waals surface area contributed by atoms with Crippen molar-refractivity contribution in [2.75, 3.05) is 38.1 Å². The summed E-state index contributed by atoms with van der Waals surface area (Å²) in [5.41, 5.74) is 1.50. The van der Waals surface area contributed by atoms with E-state index in [0.29, 0.717) is 46.3 Å². The molecule has 0 spiro atoms. The quantitative estimate of drug-likeness (QED) is 0.185. The monoisotopic (exact) mass is 596 g/mol. The van der Waals surface area contributed by atoms with Crippen LogP contribution >= 0.6 is 0 Å². The van der Waals surface area contributed by atoms with Gasteiger partial charge in [-0.25, -0.2) is 13.8 Å². The predicted octanol–water partition coefficient (Wildman–Crippen LogP) is 6.23. The van der Waals surface area contributed by atoms with Crippen molar-refractivity contribution in [1.29, 1.82) is 0 Å². The summed E-state index contributed by atoms with van der Waals surface area (Å²) >= 11 is 0. The number of pyridine rings is 1. The number of hydrogen-bond donors (Lipinski definition) is 2. The maximum Gasteiger partial charge on any atom is 0.319 e. The highest BCUT2D eigenvalue weighted by Crippen LogP contribution is 2.41. The Bertz CT molecular complexity index is 1760. The van der Waals surface area contributed by atoms with Gasteiger partial charge in [0.15, 0.2) is 5.82 Å². The molecule has 5 heterocycles. The molecule has 228 valence electrons. The summed E-state index contributed by atoms with van der Waals surface area (Å²) in [6, 6.07) is 8.67. The Labute approximate surface area is 256 Å². The number of terminal acetylenes is 1. The van der Waals surface area contributed by atoms with Crippen molar-refractivity contribution in [1.82, 2.24) is 25.2 Å². The van der Waals surface area contributed by atoms with Crippen molar-refractivity contribution in [3.8, 4) is 29.6 Å². The van der Waals surface area contributed by atoms with Gasteiger partial charge in [-0.3, -0.25) is 4.90 Å². The lowest BCUT2D eigenvalue weighted by atomic mass is 9.95. The molecule has 7 nitrogen and oxygen atoms in total. The average molecular weight is 597 g/mol. The van der Waals surface area contributed by atoms with Gasteiger partial charge in [-0.1, -0.05) is 37.1 Å². The second-order valence-corrected chi connectivity index (χ2v) is 12.4. The number of hydrogen-bond acceptors (Lipinski definition) is 7. The van der Waals surface area contributed by atoms with Gasteiger partial charge < -0.3 is 15.4 Å². The van der Waals surface area contributed by atoms with Crippen molar-refractivity contribution in [2.24, 2.45) is 0 Å². The van der Waals surface area contributed by atoms with Gasteiger partial charge in [0, 0.05) is 23.5 Å². The third-order valence-corrected chi connectivity index (χ3v) is 9.64. The first kappa shape index (κ1) is 28.9. The number of aryl methyl sites for hydroxylation is 1. The third kappa shape index (κ3) is 5.04. The van der Waals surface area contributed by atoms with E-state index < -0.39 is 11.6 Å². The van der Waals surface area contributed by atoms with Crippen LogP contribution < -0.4 is 15.4 Å². The molecule has 7 rings (SSSR count). The van der Waals surface area contributed by atoms with Crippen LogP contribution in [0.1, 0.15) is 63.1 Å². The van der Waals surface area contributed by atoms with E-state index in [1.165, 1.54) is 6.07 Å². The molecule has 2 N–H and O–H groups in total. The second kappa shape index (κ2) is 11.9. The van der Waals surface area contributed by atoms with Crippen LogP contribution in [-0.2, 0) is 6.42 Å². The Hall–Kier alpha value is -3.87. The molecule has 0 amide bonds. The number of aromatic nitrogens is 3. The minimum Gasteiger partial charge on any atom is -0.461 e. The molecule has 4 aromatic rings. The van der Waals surface area contributed by atoms with Gasteiger partial charge in [0.2, 0.25) is 0 Å². The lowest BCUT2D eigenvalue weighted by Crippen LogP contribution is -2.43. The number of benzene rings is 2. The molecule has 2 aromatic heterocycles. The molecule has 1 atom stereocenters. The predicted molar refractivity (Wildman–Crippen MR) is 170 cm³/mol. The number of nitrogens with one attached hydrogen (secondary N) is 2. The first-order valence-electron chi connectivity index (χ1n) is 15.9. The largest absolute Gasteiger partial charge is 0.461 e. The van der Waals surface area contributed by atoms with Gasteiger partial charge in [0.05, 0.1) is 22.2 Å². The van der Waals surface area contributed by atoms with E-state index in [4.69, 9.17) is 26.1 Å². The molecule has 0 saturated carbocycles. The van der Waals surface area contributed by atoms with Crippen LogP contribution in [0.3, 0.4) is 0 Å². The van der Waals surface area contributed by atoms with E-state index in [2.05, 4.69) is 28.4 Å². The number of ether oxygens (including phenoxy) is 1. The van der Waals surface area contributed by atoms with Crippen molar-refractivity contribution >= 4 is 27.5 Å². The highest BCUT2D eigenvalue weighted by molar-refractivity contribution is 6.02. The fourth-order valence-electron chi connectivity index (χ4n) is 7.49. The molecule has 9 heteroatoms. The van der Waals surface area contributed by atoms with E-state index in [0.717, 1.165) is 71.1 Å². The number of fused-ring (bicyclic) bond motifs is 2. The molecule has 2 aromatic carbocycles. The molecule has 2 fully saturated rings. The fourth-order valence-corrected chi connectivity index (χ4v) is 7.49. The highest BCUT2D eigenvalue weighted by atomic mass is 19.1. The van der Waals surface area contributed by atoms with Gasteiger partial charge in [0.1, 0.15) is 29.5 Å². The first-order valence-corrected chi connectivity index (χ1v) is 15.9. The summed E-state index contributed by atoms with van der Waals surface area (Å²) < 4.78 is 38.1. The number of nitrogens with zero attached hydrogens (tertiary/aromatic N) is 4. The third-order valence-electron chi connectivity index (χ3n) is 9.64. The van der Waals surface area contributed by atoms with Gasteiger partial charge >= 0.3 is 6.01 Å². The van der Waals surface area contributed by atoms with Crippen LogP contribution in [-0.4, -0.2) is 64.2 Å². The Balaban J connectivity index is 1.38. The molecule has 3 aliphatic heterocycles. The van der Waals surface area contributed by atoms with E-state index in [1.807, 2.05) is 12.1 Å². The summed E-state index contributed by atoms with van der Waals surface area (Å²) in [5, 5.41) is 8.85. The van der Waals surface area contributed by atoms with Crippen LogP contribution in [0.2, 0.25) is 0 Å². The van der Waals surface area contributed by atoms with Crippen LogP contribution in [0.4, 0.5) is 14.6 Å². The van der Waals surface area contributed by atoms with E-state index >= 15 is 4.39 Å². The van der Waals surface area contributed by atoms with Gasteiger partial charge in [-0.05, 0) is 82.5 Å². The van der Waals surface area contributed by atoms with Crippen molar-refractivity contribution in [3.63, 3.8) is 0 Å². The Morgan fingerprint density at radius 1 is 1.09 bits per heavy atom. The standard InChI is InChI=1S/C35H38F2N6O/c1-3-17-38-20-23-10-6-12-27-29-32(41-34(42-33(29)39-23)44-21-35-15-7-18-43(35)19-8-16-35)30(37)31(40-27)25-11-5-9-22-13-14-26(36)24(4-2)28(22)25/h2,5,9,11,13-14,23,38H,3,6-8,10,12,15-21H2,1H3,(H,39,41,42). The SMILES string of the molecule is C#Cc1c(F)ccc2cccc(-c3nc4c5c(nc(OCC67CCCN6CCC7)nc5c3F)NC(CNCCC)CCC4)c12. The number of halogens is 2. The van der Waals surface area contributed by atoms with Crippen LogP contribution in [0.15, 0.2) is 30.3 Å². The Kier molecular flexibility index (Phi) is 7.81. The molecular weight excluding hydrogens is 558 g/mol. The van der Waals surface area contributed by atoms with Crippen molar-refractivity contribution < 1.29 is 13.5 Å². The minimum absolute atomic E-state index is 0.00425. The topological polar surface area (TPSA) is 75.2 Å². The van der Waals surface area contributed by atoms with Crippen molar-refractivity contribution in [2.45, 2.75) is 69.9 Å². The summed E-state index contributed by atoms with van der Waals surface area (Å²) in [5.74, 6) is 1.90. The summed E-state index contributed by atoms with van der Waals surface area (Å²) in [4.78, 5) is 17.0. The fraction of sp³-hybridized carbons (Fsp3) is 0.457. The maximum absolute atomic E-state index is 16.9. The normalized spacial score (nSPS) is 19.4. The maximum atomic E-state index is 16.9. The zero-order valence-electron chi connectivity index (χ0n) is 25.2. The molecule has 0 aliphatic carbocycles. The minimum atomic E-state index is -0.596. The molecule has 0 bridgehead atoms. The van der Waals surface area contributed by atoms with Crippen molar-refractivity contribution in [3.05, 3.63) is 53.2 Å². The van der Waals surface area contributed by atoms with E-state index in [1.54, 1.807) is 12.1 Å². The van der Waals surface area contributed by atoms with Crippen LogP contribution in [0.5, 0.6) is 6.01 Å². The summed E-state index contributed by atoms with van der Waals surface area (Å²) in [6.45, 7) is 6.47. The Morgan fingerprint density at radius 3 is 2.73 bits per heavy atom. The zero-order valence-corrected chi connectivity index (χ0v) is 25.2. The molecule has 0 radical (unpaired) electrons. The number of anilines is 1. The van der Waals surface area contributed by atoms with E-state index in [-0.39, 0.29) is 34.4 Å². The first-order chi connectivity index (χ1) is 21.5.